The molecule has 88 valence electrons. The fourth-order valence-electron chi connectivity index (χ4n) is 1.50. The topological polar surface area (TPSA) is 47.9 Å². The largest absolute Gasteiger partial charge is 0.504 e. The molecule has 0 aromatic heterocycles. The molecule has 0 heterocycles. The van der Waals surface area contributed by atoms with Gasteiger partial charge in [-0.05, 0) is 12.5 Å². The van der Waals surface area contributed by atoms with Crippen molar-refractivity contribution in [3.05, 3.63) is 24.3 Å². The van der Waals surface area contributed by atoms with E-state index in [4.69, 9.17) is 14.2 Å². The Labute approximate surface area is 95.1 Å². The third-order valence-corrected chi connectivity index (χ3v) is 2.25. The fourth-order valence-corrected chi connectivity index (χ4v) is 1.50. The standard InChI is InChI=1S/C12H16O4/c1-5-6-8-7-9(14-2)11(15-3)12(16-4)10(8)13/h5,7,13H,1,6H2,2-4H3. The number of benzene rings is 1. The first-order chi connectivity index (χ1) is 7.69. The average molecular weight is 224 g/mol. The van der Waals surface area contributed by atoms with Gasteiger partial charge in [-0.15, -0.1) is 6.58 Å². The molecule has 4 nitrogen and oxygen atoms in total. The first-order valence-corrected chi connectivity index (χ1v) is 4.81. The third-order valence-electron chi connectivity index (χ3n) is 2.25. The van der Waals surface area contributed by atoms with Gasteiger partial charge < -0.3 is 19.3 Å². The monoisotopic (exact) mass is 224 g/mol. The van der Waals surface area contributed by atoms with Gasteiger partial charge in [0, 0.05) is 5.56 Å². The summed E-state index contributed by atoms with van der Waals surface area (Å²) in [6, 6.07) is 1.71. The van der Waals surface area contributed by atoms with Crippen molar-refractivity contribution in [3.8, 4) is 23.0 Å². The Morgan fingerprint density at radius 3 is 2.25 bits per heavy atom. The second-order valence-electron chi connectivity index (χ2n) is 3.15. The van der Waals surface area contributed by atoms with Gasteiger partial charge in [-0.1, -0.05) is 6.08 Å². The maximum atomic E-state index is 9.94. The lowest BCUT2D eigenvalue weighted by atomic mass is 10.1. The zero-order valence-corrected chi connectivity index (χ0v) is 9.74. The normalized spacial score (nSPS) is 9.69. The van der Waals surface area contributed by atoms with E-state index in [1.807, 2.05) is 0 Å². The van der Waals surface area contributed by atoms with Gasteiger partial charge in [0.25, 0.3) is 0 Å². The van der Waals surface area contributed by atoms with Gasteiger partial charge in [0.1, 0.15) is 0 Å². The maximum absolute atomic E-state index is 9.94. The van der Waals surface area contributed by atoms with Gasteiger partial charge >= 0.3 is 0 Å². The lowest BCUT2D eigenvalue weighted by Gasteiger charge is -2.15. The summed E-state index contributed by atoms with van der Waals surface area (Å²) < 4.78 is 15.4. The third kappa shape index (κ3) is 2.05. The highest BCUT2D eigenvalue weighted by Gasteiger charge is 2.19. The number of hydrogen-bond donors (Lipinski definition) is 1. The summed E-state index contributed by atoms with van der Waals surface area (Å²) in [5.74, 6) is 1.24. The summed E-state index contributed by atoms with van der Waals surface area (Å²) >= 11 is 0. The summed E-state index contributed by atoms with van der Waals surface area (Å²) in [7, 11) is 4.49. The molecule has 0 fully saturated rings. The van der Waals surface area contributed by atoms with E-state index in [1.165, 1.54) is 21.3 Å². The van der Waals surface area contributed by atoms with Gasteiger partial charge in [0.05, 0.1) is 21.3 Å². The van der Waals surface area contributed by atoms with E-state index in [1.54, 1.807) is 12.1 Å². The summed E-state index contributed by atoms with van der Waals surface area (Å²) in [6.07, 6.45) is 2.23. The molecule has 0 unspecified atom stereocenters. The molecule has 1 aromatic rings. The van der Waals surface area contributed by atoms with Crippen molar-refractivity contribution < 1.29 is 19.3 Å². The van der Waals surface area contributed by atoms with Crippen LogP contribution in [0.15, 0.2) is 18.7 Å². The second-order valence-corrected chi connectivity index (χ2v) is 3.15. The summed E-state index contributed by atoms with van der Waals surface area (Å²) in [5.41, 5.74) is 0.685. The van der Waals surface area contributed by atoms with Gasteiger partial charge in [-0.3, -0.25) is 0 Å². The summed E-state index contributed by atoms with van der Waals surface area (Å²) in [4.78, 5) is 0. The minimum absolute atomic E-state index is 0.0556. The zero-order valence-electron chi connectivity index (χ0n) is 9.74. The van der Waals surface area contributed by atoms with E-state index in [-0.39, 0.29) is 11.5 Å². The van der Waals surface area contributed by atoms with Crippen LogP contribution in [-0.4, -0.2) is 26.4 Å². The van der Waals surface area contributed by atoms with Crippen LogP contribution in [-0.2, 0) is 6.42 Å². The van der Waals surface area contributed by atoms with Crippen LogP contribution in [0.5, 0.6) is 23.0 Å². The molecule has 1 rings (SSSR count). The number of rotatable bonds is 5. The van der Waals surface area contributed by atoms with E-state index in [2.05, 4.69) is 6.58 Å². The highest BCUT2D eigenvalue weighted by molar-refractivity contribution is 5.62. The smallest absolute Gasteiger partial charge is 0.207 e. The lowest BCUT2D eigenvalue weighted by molar-refractivity contribution is 0.309. The molecule has 0 aliphatic carbocycles. The van der Waals surface area contributed by atoms with Crippen LogP contribution >= 0.6 is 0 Å². The molecule has 0 bridgehead atoms. The van der Waals surface area contributed by atoms with Crippen LogP contribution < -0.4 is 14.2 Å². The molecule has 0 saturated heterocycles. The van der Waals surface area contributed by atoms with Crippen LogP contribution in [0.25, 0.3) is 0 Å². The number of hydrogen-bond acceptors (Lipinski definition) is 4. The summed E-state index contributed by atoms with van der Waals surface area (Å²) in [5, 5.41) is 9.94. The zero-order chi connectivity index (χ0) is 12.1. The highest BCUT2D eigenvalue weighted by Crippen LogP contribution is 2.46. The molecule has 0 radical (unpaired) electrons. The Morgan fingerprint density at radius 2 is 1.81 bits per heavy atom. The van der Waals surface area contributed by atoms with E-state index < -0.39 is 0 Å². The second kappa shape index (κ2) is 5.30. The molecule has 0 saturated carbocycles. The van der Waals surface area contributed by atoms with Crippen LogP contribution in [0.2, 0.25) is 0 Å². The van der Waals surface area contributed by atoms with Crippen LogP contribution in [0, 0.1) is 0 Å². The molecule has 0 aliphatic rings. The quantitative estimate of drug-likeness (QED) is 0.778. The molecular formula is C12H16O4. The average Bonchev–Trinajstić information content (AvgIpc) is 2.31. The van der Waals surface area contributed by atoms with Gasteiger partial charge in [0.2, 0.25) is 11.5 Å². The van der Waals surface area contributed by atoms with Crippen molar-refractivity contribution in [3.63, 3.8) is 0 Å². The molecule has 1 N–H and O–H groups in total. The van der Waals surface area contributed by atoms with E-state index in [0.717, 1.165) is 0 Å². The maximum Gasteiger partial charge on any atom is 0.207 e. The number of aromatic hydroxyl groups is 1. The Bertz CT molecular complexity index is 385. The van der Waals surface area contributed by atoms with Crippen molar-refractivity contribution in [2.75, 3.05) is 21.3 Å². The highest BCUT2D eigenvalue weighted by atomic mass is 16.5. The fraction of sp³-hybridized carbons (Fsp3) is 0.333. The Morgan fingerprint density at radius 1 is 1.19 bits per heavy atom. The Kier molecular flexibility index (Phi) is 4.05. The van der Waals surface area contributed by atoms with E-state index in [0.29, 0.717) is 23.5 Å². The first kappa shape index (κ1) is 12.2. The summed E-state index contributed by atoms with van der Waals surface area (Å²) in [6.45, 7) is 3.63. The predicted molar refractivity (Wildman–Crippen MR) is 61.7 cm³/mol. The predicted octanol–water partition coefficient (Wildman–Crippen LogP) is 2.15. The number of phenolic OH excluding ortho intramolecular Hbond substituents is 1. The van der Waals surface area contributed by atoms with Gasteiger partial charge in [-0.25, -0.2) is 0 Å². The molecule has 0 aliphatic heterocycles. The molecule has 4 heteroatoms. The van der Waals surface area contributed by atoms with Gasteiger partial charge in [-0.2, -0.15) is 0 Å². The number of phenols is 1. The first-order valence-electron chi connectivity index (χ1n) is 4.81. The molecule has 0 atom stereocenters. The molecule has 16 heavy (non-hydrogen) atoms. The molecular weight excluding hydrogens is 208 g/mol. The van der Waals surface area contributed by atoms with Crippen molar-refractivity contribution in [1.29, 1.82) is 0 Å². The van der Waals surface area contributed by atoms with E-state index >= 15 is 0 Å². The van der Waals surface area contributed by atoms with E-state index in [9.17, 15) is 5.11 Å². The molecule has 1 aromatic carbocycles. The Hall–Kier alpha value is -1.84. The SMILES string of the molecule is C=CCc1cc(OC)c(OC)c(OC)c1O. The van der Waals surface area contributed by atoms with Crippen LogP contribution in [0.3, 0.4) is 0 Å². The van der Waals surface area contributed by atoms with Crippen molar-refractivity contribution in [1.82, 2.24) is 0 Å². The van der Waals surface area contributed by atoms with Crippen molar-refractivity contribution in [2.24, 2.45) is 0 Å². The molecule has 0 spiro atoms. The number of allylic oxidation sites excluding steroid dienone is 1. The minimum Gasteiger partial charge on any atom is -0.504 e. The van der Waals surface area contributed by atoms with Crippen molar-refractivity contribution >= 4 is 0 Å². The van der Waals surface area contributed by atoms with Crippen LogP contribution in [0.4, 0.5) is 0 Å². The number of ether oxygens (including phenoxy) is 3. The van der Waals surface area contributed by atoms with Crippen molar-refractivity contribution in [2.45, 2.75) is 6.42 Å². The lowest BCUT2D eigenvalue weighted by Crippen LogP contribution is -1.97. The van der Waals surface area contributed by atoms with Gasteiger partial charge in [0.15, 0.2) is 11.5 Å². The molecule has 0 amide bonds. The minimum atomic E-state index is 0.0556. The number of methoxy groups -OCH3 is 3. The van der Waals surface area contributed by atoms with Crippen LogP contribution in [0.1, 0.15) is 5.56 Å². The Balaban J connectivity index is 3.41.